The van der Waals surface area contributed by atoms with E-state index < -0.39 is 0 Å². The number of halogens is 1. The number of aromatic nitrogens is 2. The van der Waals surface area contributed by atoms with E-state index in [0.717, 1.165) is 46.7 Å². The normalized spacial score (nSPS) is 17.4. The number of carbonyl (C=O) groups is 1. The summed E-state index contributed by atoms with van der Waals surface area (Å²) >= 11 is 5.99. The monoisotopic (exact) mass is 419 g/mol. The molecule has 0 unspecified atom stereocenters. The van der Waals surface area contributed by atoms with E-state index in [1.54, 1.807) is 0 Å². The molecule has 5 nitrogen and oxygen atoms in total. The lowest BCUT2D eigenvalue weighted by atomic mass is 9.92. The smallest absolute Gasteiger partial charge is 0.251 e. The fraction of sp³-hybridized carbons (Fsp3) is 0.250. The molecule has 2 heterocycles. The van der Waals surface area contributed by atoms with E-state index in [1.165, 1.54) is 5.69 Å². The number of rotatable bonds is 4. The molecule has 2 aromatic carbocycles. The lowest BCUT2D eigenvalue weighted by Crippen LogP contribution is -2.34. The van der Waals surface area contributed by atoms with Crippen LogP contribution in [-0.2, 0) is 17.8 Å². The van der Waals surface area contributed by atoms with Gasteiger partial charge in [-0.1, -0.05) is 41.9 Å². The quantitative estimate of drug-likeness (QED) is 0.674. The van der Waals surface area contributed by atoms with Crippen molar-refractivity contribution in [1.82, 2.24) is 15.1 Å². The highest BCUT2D eigenvalue weighted by atomic mass is 35.5. The van der Waals surface area contributed by atoms with Gasteiger partial charge in [-0.15, -0.1) is 0 Å². The topological polar surface area (TPSA) is 56.2 Å². The summed E-state index contributed by atoms with van der Waals surface area (Å²) in [6.45, 7) is 0.987. The second kappa shape index (κ2) is 8.00. The molecule has 30 heavy (non-hydrogen) atoms. The number of benzene rings is 2. The minimum atomic E-state index is -0.0761. The van der Waals surface area contributed by atoms with Crippen LogP contribution in [0.15, 0.2) is 60.3 Å². The van der Waals surface area contributed by atoms with Crippen molar-refractivity contribution >= 4 is 23.6 Å². The van der Waals surface area contributed by atoms with Gasteiger partial charge in [-0.05, 0) is 49.1 Å². The van der Waals surface area contributed by atoms with E-state index in [9.17, 15) is 4.79 Å². The SMILES string of the molecule is O=C(N[C@H]1CCCc2c1cnn2Cc1ccc(Cl)cc1)C1=Cc2ccccc2OC1. The van der Waals surface area contributed by atoms with Crippen LogP contribution in [0.1, 0.15) is 41.3 Å². The van der Waals surface area contributed by atoms with Crippen molar-refractivity contribution < 1.29 is 9.53 Å². The number of nitrogens with zero attached hydrogens (tertiary/aromatic N) is 2. The fourth-order valence-electron chi connectivity index (χ4n) is 4.17. The second-order valence-electron chi connectivity index (χ2n) is 7.75. The molecule has 1 aliphatic carbocycles. The van der Waals surface area contributed by atoms with Gasteiger partial charge in [-0.2, -0.15) is 5.10 Å². The third-order valence-corrected chi connectivity index (χ3v) is 5.99. The molecule has 6 heteroatoms. The number of fused-ring (bicyclic) bond motifs is 2. The van der Waals surface area contributed by atoms with Crippen molar-refractivity contribution in [2.45, 2.75) is 31.8 Å². The molecular weight excluding hydrogens is 398 g/mol. The summed E-state index contributed by atoms with van der Waals surface area (Å²) in [7, 11) is 0. The Morgan fingerprint density at radius 3 is 2.90 bits per heavy atom. The zero-order valence-electron chi connectivity index (χ0n) is 16.5. The molecule has 5 rings (SSSR count). The van der Waals surface area contributed by atoms with Crippen LogP contribution in [0.5, 0.6) is 5.75 Å². The third kappa shape index (κ3) is 3.73. The van der Waals surface area contributed by atoms with Crippen LogP contribution >= 0.6 is 11.6 Å². The lowest BCUT2D eigenvalue weighted by Gasteiger charge is -2.25. The Hall–Kier alpha value is -3.05. The van der Waals surface area contributed by atoms with Gasteiger partial charge in [0.2, 0.25) is 0 Å². The van der Waals surface area contributed by atoms with E-state index in [0.29, 0.717) is 12.1 Å². The minimum absolute atomic E-state index is 0.0294. The summed E-state index contributed by atoms with van der Waals surface area (Å²) in [5, 5.41) is 8.54. The Balaban J connectivity index is 1.33. The molecule has 0 radical (unpaired) electrons. The van der Waals surface area contributed by atoms with Gasteiger partial charge in [-0.25, -0.2) is 0 Å². The van der Waals surface area contributed by atoms with E-state index in [-0.39, 0.29) is 18.6 Å². The summed E-state index contributed by atoms with van der Waals surface area (Å²) in [5.41, 5.74) is 5.05. The molecule has 1 aliphatic heterocycles. The standard InChI is InChI=1S/C24H22ClN3O2/c25-19-10-8-16(9-11-19)14-28-22-6-3-5-21(20(22)13-26-28)27-24(29)18-12-17-4-1-2-7-23(17)30-15-18/h1-2,4,7-13,21H,3,5-6,14-15H2,(H,27,29)/t21-/m0/s1. The van der Waals surface area contributed by atoms with Crippen molar-refractivity contribution in [3.8, 4) is 5.75 Å². The molecule has 1 aromatic heterocycles. The predicted molar refractivity (Wildman–Crippen MR) is 117 cm³/mol. The van der Waals surface area contributed by atoms with Gasteiger partial charge in [0, 0.05) is 21.8 Å². The fourth-order valence-corrected chi connectivity index (χ4v) is 4.29. The Morgan fingerprint density at radius 2 is 2.03 bits per heavy atom. The molecule has 2 aliphatic rings. The van der Waals surface area contributed by atoms with Crippen molar-refractivity contribution in [2.75, 3.05) is 6.61 Å². The minimum Gasteiger partial charge on any atom is -0.488 e. The van der Waals surface area contributed by atoms with Crippen LogP contribution in [0, 0.1) is 0 Å². The molecule has 3 aromatic rings. The van der Waals surface area contributed by atoms with Gasteiger partial charge in [0.25, 0.3) is 5.91 Å². The van der Waals surface area contributed by atoms with Gasteiger partial charge in [-0.3, -0.25) is 9.48 Å². The number of amides is 1. The van der Waals surface area contributed by atoms with E-state index in [1.807, 2.05) is 65.5 Å². The van der Waals surface area contributed by atoms with Crippen molar-refractivity contribution in [1.29, 1.82) is 0 Å². The average molecular weight is 420 g/mol. The predicted octanol–water partition coefficient (Wildman–Crippen LogP) is 4.55. The Labute approximate surface area is 180 Å². The Morgan fingerprint density at radius 1 is 1.20 bits per heavy atom. The Kier molecular flexibility index (Phi) is 5.05. The van der Waals surface area contributed by atoms with Gasteiger partial charge < -0.3 is 10.1 Å². The van der Waals surface area contributed by atoms with Crippen molar-refractivity contribution in [3.05, 3.63) is 87.7 Å². The molecule has 0 bridgehead atoms. The van der Waals surface area contributed by atoms with Gasteiger partial charge in [0.1, 0.15) is 12.4 Å². The molecule has 1 amide bonds. The van der Waals surface area contributed by atoms with Crippen molar-refractivity contribution in [3.63, 3.8) is 0 Å². The number of nitrogens with one attached hydrogen (secondary N) is 1. The maximum absolute atomic E-state index is 12.9. The zero-order chi connectivity index (χ0) is 20.5. The van der Waals surface area contributed by atoms with Crippen LogP contribution in [0.4, 0.5) is 0 Å². The number of hydrogen-bond acceptors (Lipinski definition) is 3. The van der Waals surface area contributed by atoms with E-state index >= 15 is 0 Å². The average Bonchev–Trinajstić information content (AvgIpc) is 3.19. The molecule has 0 spiro atoms. The first-order valence-corrected chi connectivity index (χ1v) is 10.6. The van der Waals surface area contributed by atoms with Crippen molar-refractivity contribution in [2.24, 2.45) is 0 Å². The number of ether oxygens (including phenoxy) is 1. The van der Waals surface area contributed by atoms with Gasteiger partial charge in [0.15, 0.2) is 0 Å². The highest BCUT2D eigenvalue weighted by molar-refractivity contribution is 6.30. The first-order valence-electron chi connectivity index (χ1n) is 10.2. The summed E-state index contributed by atoms with van der Waals surface area (Å²) in [4.78, 5) is 12.9. The number of para-hydroxylation sites is 1. The van der Waals surface area contributed by atoms with Crippen LogP contribution in [-0.4, -0.2) is 22.3 Å². The molecule has 0 fully saturated rings. The third-order valence-electron chi connectivity index (χ3n) is 5.74. The molecule has 1 atom stereocenters. The van der Waals surface area contributed by atoms with E-state index in [4.69, 9.17) is 16.3 Å². The Bertz CT molecular complexity index is 1120. The maximum Gasteiger partial charge on any atom is 0.251 e. The molecular formula is C24H22ClN3O2. The summed E-state index contributed by atoms with van der Waals surface area (Å²) in [6, 6.07) is 15.6. The zero-order valence-corrected chi connectivity index (χ0v) is 17.2. The van der Waals surface area contributed by atoms with Crippen LogP contribution in [0.3, 0.4) is 0 Å². The molecule has 152 valence electrons. The summed E-state index contributed by atoms with van der Waals surface area (Å²) in [5.74, 6) is 0.741. The lowest BCUT2D eigenvalue weighted by molar-refractivity contribution is -0.118. The van der Waals surface area contributed by atoms with Gasteiger partial charge in [0.05, 0.1) is 24.4 Å². The summed E-state index contributed by atoms with van der Waals surface area (Å²) < 4.78 is 7.78. The molecule has 0 saturated carbocycles. The van der Waals surface area contributed by atoms with Crippen LogP contribution < -0.4 is 10.1 Å². The van der Waals surface area contributed by atoms with Gasteiger partial charge >= 0.3 is 0 Å². The largest absolute Gasteiger partial charge is 0.488 e. The van der Waals surface area contributed by atoms with E-state index in [2.05, 4.69) is 10.4 Å². The van der Waals surface area contributed by atoms with Crippen LogP contribution in [0.25, 0.3) is 6.08 Å². The maximum atomic E-state index is 12.9. The highest BCUT2D eigenvalue weighted by Gasteiger charge is 2.27. The van der Waals surface area contributed by atoms with Crippen LogP contribution in [0.2, 0.25) is 5.02 Å². The highest BCUT2D eigenvalue weighted by Crippen LogP contribution is 2.31. The first-order chi connectivity index (χ1) is 14.7. The second-order valence-corrected chi connectivity index (χ2v) is 8.18. The number of hydrogen-bond donors (Lipinski definition) is 1. The molecule has 1 N–H and O–H groups in total. The molecule has 0 saturated heterocycles. The first kappa shape index (κ1) is 18.9. The summed E-state index contributed by atoms with van der Waals surface area (Å²) in [6.07, 6.45) is 6.71. The number of carbonyl (C=O) groups excluding carboxylic acids is 1.